The van der Waals surface area contributed by atoms with Gasteiger partial charge in [0.15, 0.2) is 5.41 Å². The second-order valence-electron chi connectivity index (χ2n) is 5.90. The predicted molar refractivity (Wildman–Crippen MR) is 97.6 cm³/mol. The second-order valence-corrected chi connectivity index (χ2v) is 5.90. The molecule has 0 amide bonds. The maximum absolute atomic E-state index is 12.5. The zero-order valence-corrected chi connectivity index (χ0v) is 15.9. The predicted octanol–water partition coefficient (Wildman–Crippen LogP) is 3.05. The van der Waals surface area contributed by atoms with Crippen molar-refractivity contribution in [1.29, 1.82) is 0 Å². The first-order valence-corrected chi connectivity index (χ1v) is 8.50. The number of ether oxygens (including phenoxy) is 3. The summed E-state index contributed by atoms with van der Waals surface area (Å²) in [5, 5.41) is 0. The Morgan fingerprint density at radius 1 is 1.08 bits per heavy atom. The molecule has 26 heavy (non-hydrogen) atoms. The first kappa shape index (κ1) is 21.4. The van der Waals surface area contributed by atoms with E-state index < -0.39 is 23.3 Å². The van der Waals surface area contributed by atoms with Crippen molar-refractivity contribution < 1.29 is 28.6 Å². The molecule has 1 atom stereocenters. The fourth-order valence-electron chi connectivity index (χ4n) is 2.44. The maximum atomic E-state index is 12.5. The van der Waals surface area contributed by atoms with Gasteiger partial charge in [0.25, 0.3) is 0 Å². The van der Waals surface area contributed by atoms with Gasteiger partial charge in [-0.1, -0.05) is 25.1 Å². The summed E-state index contributed by atoms with van der Waals surface area (Å²) < 4.78 is 15.3. The molecule has 0 saturated carbocycles. The van der Waals surface area contributed by atoms with Crippen molar-refractivity contribution in [2.45, 2.75) is 27.7 Å². The summed E-state index contributed by atoms with van der Waals surface area (Å²) in [6.07, 6.45) is 2.28. The molecule has 0 aliphatic rings. The van der Waals surface area contributed by atoms with Crippen molar-refractivity contribution in [3.05, 3.63) is 35.9 Å². The van der Waals surface area contributed by atoms with Crippen LogP contribution in [0.5, 0.6) is 5.75 Å². The van der Waals surface area contributed by atoms with Crippen molar-refractivity contribution in [3.8, 4) is 5.75 Å². The van der Waals surface area contributed by atoms with E-state index in [1.54, 1.807) is 58.2 Å². The Labute approximate surface area is 154 Å². The Hall–Kier alpha value is -2.63. The summed E-state index contributed by atoms with van der Waals surface area (Å²) in [6, 6.07) is 6.93. The standard InChI is InChI=1S/C20H26O6/c1-6-25-18(22)20(4,19(23)26-7-2)14(3)12-16(13-21)15-8-10-17(24-5)11-9-15/h8-14H,6-7H2,1-5H3/b16-12-. The van der Waals surface area contributed by atoms with Crippen LogP contribution in [-0.2, 0) is 23.9 Å². The van der Waals surface area contributed by atoms with Crippen LogP contribution in [0.15, 0.2) is 30.3 Å². The lowest BCUT2D eigenvalue weighted by Crippen LogP contribution is -2.44. The van der Waals surface area contributed by atoms with E-state index in [1.165, 1.54) is 6.92 Å². The van der Waals surface area contributed by atoms with Gasteiger partial charge in [-0.15, -0.1) is 0 Å². The first-order valence-electron chi connectivity index (χ1n) is 8.50. The van der Waals surface area contributed by atoms with Crippen LogP contribution in [0.2, 0.25) is 0 Å². The summed E-state index contributed by atoms with van der Waals surface area (Å²) in [5.74, 6) is -1.32. The lowest BCUT2D eigenvalue weighted by molar-refractivity contribution is -0.173. The number of carbonyl (C=O) groups is 3. The summed E-state index contributed by atoms with van der Waals surface area (Å²) >= 11 is 0. The molecule has 0 N–H and O–H groups in total. The van der Waals surface area contributed by atoms with Gasteiger partial charge in [-0.25, -0.2) is 0 Å². The van der Waals surface area contributed by atoms with Crippen LogP contribution in [0.25, 0.3) is 5.57 Å². The van der Waals surface area contributed by atoms with Crippen LogP contribution in [-0.4, -0.2) is 38.5 Å². The van der Waals surface area contributed by atoms with E-state index in [4.69, 9.17) is 14.2 Å². The monoisotopic (exact) mass is 362 g/mol. The van der Waals surface area contributed by atoms with E-state index in [-0.39, 0.29) is 13.2 Å². The minimum atomic E-state index is -1.55. The van der Waals surface area contributed by atoms with Crippen LogP contribution >= 0.6 is 0 Å². The average Bonchev–Trinajstić information content (AvgIpc) is 2.65. The second kappa shape index (κ2) is 9.75. The maximum Gasteiger partial charge on any atom is 0.323 e. The Kier molecular flexibility index (Phi) is 8.03. The molecule has 0 aliphatic carbocycles. The molecule has 1 aromatic rings. The highest BCUT2D eigenvalue weighted by molar-refractivity contribution is 6.07. The fourth-order valence-corrected chi connectivity index (χ4v) is 2.44. The Bertz CT molecular complexity index is 641. The molecule has 0 spiro atoms. The van der Waals surface area contributed by atoms with Crippen LogP contribution in [0.3, 0.4) is 0 Å². The van der Waals surface area contributed by atoms with Crippen molar-refractivity contribution >= 4 is 23.8 Å². The molecule has 0 saturated heterocycles. The highest BCUT2D eigenvalue weighted by atomic mass is 16.6. The number of hydrogen-bond donors (Lipinski definition) is 0. The van der Waals surface area contributed by atoms with Gasteiger partial charge in [0.2, 0.25) is 0 Å². The van der Waals surface area contributed by atoms with E-state index in [0.29, 0.717) is 23.2 Å². The van der Waals surface area contributed by atoms with Gasteiger partial charge >= 0.3 is 11.9 Å². The van der Waals surface area contributed by atoms with Crippen LogP contribution in [0, 0.1) is 11.3 Å². The lowest BCUT2D eigenvalue weighted by atomic mass is 9.76. The summed E-state index contributed by atoms with van der Waals surface area (Å²) in [6.45, 7) is 6.77. The molecule has 6 heteroatoms. The summed E-state index contributed by atoms with van der Waals surface area (Å²) in [4.78, 5) is 36.5. The number of benzene rings is 1. The largest absolute Gasteiger partial charge is 0.497 e. The topological polar surface area (TPSA) is 78.9 Å². The SMILES string of the molecule is CCOC(=O)C(C)(C(=O)OCC)C(C)/C=C(/C=O)c1ccc(OC)cc1. The minimum Gasteiger partial charge on any atom is -0.497 e. The Balaban J connectivity index is 3.27. The Morgan fingerprint density at radius 3 is 1.96 bits per heavy atom. The normalized spacial score (nSPS) is 12.9. The highest BCUT2D eigenvalue weighted by Crippen LogP contribution is 2.34. The van der Waals surface area contributed by atoms with E-state index in [2.05, 4.69) is 0 Å². The van der Waals surface area contributed by atoms with Crippen molar-refractivity contribution in [3.63, 3.8) is 0 Å². The molecular weight excluding hydrogens is 336 g/mol. The van der Waals surface area contributed by atoms with Crippen molar-refractivity contribution in [2.24, 2.45) is 11.3 Å². The van der Waals surface area contributed by atoms with Crippen LogP contribution in [0.1, 0.15) is 33.3 Å². The fraction of sp³-hybridized carbons (Fsp3) is 0.450. The molecule has 0 bridgehead atoms. The number of hydrogen-bond acceptors (Lipinski definition) is 6. The molecule has 1 aromatic carbocycles. The number of carbonyl (C=O) groups excluding carboxylic acids is 3. The van der Waals surface area contributed by atoms with Gasteiger partial charge in [0, 0.05) is 11.5 Å². The third-order valence-corrected chi connectivity index (χ3v) is 4.29. The minimum absolute atomic E-state index is 0.142. The third kappa shape index (κ3) is 4.71. The average molecular weight is 362 g/mol. The number of methoxy groups -OCH3 is 1. The molecule has 0 fully saturated rings. The van der Waals surface area contributed by atoms with E-state index in [9.17, 15) is 14.4 Å². The summed E-state index contributed by atoms with van der Waals surface area (Å²) in [5.41, 5.74) is -0.532. The van der Waals surface area contributed by atoms with E-state index >= 15 is 0 Å². The zero-order chi connectivity index (χ0) is 19.7. The van der Waals surface area contributed by atoms with Gasteiger partial charge in [-0.2, -0.15) is 0 Å². The lowest BCUT2D eigenvalue weighted by Gasteiger charge is -2.29. The third-order valence-electron chi connectivity index (χ3n) is 4.29. The molecule has 142 valence electrons. The van der Waals surface area contributed by atoms with Gasteiger partial charge in [0.1, 0.15) is 12.0 Å². The first-order chi connectivity index (χ1) is 12.3. The molecule has 0 heterocycles. The number of rotatable bonds is 9. The van der Waals surface area contributed by atoms with Crippen LogP contribution in [0.4, 0.5) is 0 Å². The van der Waals surface area contributed by atoms with Gasteiger partial charge in [-0.3, -0.25) is 14.4 Å². The van der Waals surface area contributed by atoms with Gasteiger partial charge < -0.3 is 14.2 Å². The Morgan fingerprint density at radius 2 is 1.58 bits per heavy atom. The number of aldehydes is 1. The van der Waals surface area contributed by atoms with Gasteiger partial charge in [0.05, 0.1) is 20.3 Å². The molecule has 0 aliphatic heterocycles. The molecule has 0 aromatic heterocycles. The van der Waals surface area contributed by atoms with Crippen molar-refractivity contribution in [1.82, 2.24) is 0 Å². The summed E-state index contributed by atoms with van der Waals surface area (Å²) in [7, 11) is 1.55. The van der Waals surface area contributed by atoms with Gasteiger partial charge in [-0.05, 0) is 38.5 Å². The van der Waals surface area contributed by atoms with E-state index in [0.717, 1.165) is 0 Å². The van der Waals surface area contributed by atoms with Crippen molar-refractivity contribution in [2.75, 3.05) is 20.3 Å². The highest BCUT2D eigenvalue weighted by Gasteiger charge is 2.48. The molecule has 6 nitrogen and oxygen atoms in total. The van der Waals surface area contributed by atoms with E-state index in [1.807, 2.05) is 0 Å². The number of allylic oxidation sites excluding steroid dienone is 2. The number of esters is 2. The smallest absolute Gasteiger partial charge is 0.323 e. The molecular formula is C20H26O6. The quantitative estimate of drug-likeness (QED) is 0.291. The molecule has 1 rings (SSSR count). The van der Waals surface area contributed by atoms with Crippen LogP contribution < -0.4 is 4.74 Å². The zero-order valence-electron chi connectivity index (χ0n) is 15.9. The molecule has 1 unspecified atom stereocenters. The molecule has 0 radical (unpaired) electrons.